The second-order valence-corrected chi connectivity index (χ2v) is 6.33. The van der Waals surface area contributed by atoms with Crippen molar-refractivity contribution in [3.8, 4) is 0 Å². The van der Waals surface area contributed by atoms with Crippen LogP contribution in [0.25, 0.3) is 0 Å². The van der Waals surface area contributed by atoms with Crippen LogP contribution in [0.4, 0.5) is 5.82 Å². The summed E-state index contributed by atoms with van der Waals surface area (Å²) in [5, 5.41) is 7.92. The fourth-order valence-corrected chi connectivity index (χ4v) is 3.97. The average molecular weight is 277 g/mol. The van der Waals surface area contributed by atoms with Crippen molar-refractivity contribution in [1.29, 1.82) is 0 Å². The van der Waals surface area contributed by atoms with Crippen LogP contribution < -0.4 is 10.2 Å². The van der Waals surface area contributed by atoms with E-state index < -0.39 is 0 Å². The van der Waals surface area contributed by atoms with Crippen molar-refractivity contribution in [3.05, 3.63) is 11.3 Å². The van der Waals surface area contributed by atoms with E-state index in [1.807, 2.05) is 7.05 Å². The first-order valence-corrected chi connectivity index (χ1v) is 7.75. The van der Waals surface area contributed by atoms with Crippen LogP contribution in [0.1, 0.15) is 30.5 Å². The van der Waals surface area contributed by atoms with Crippen LogP contribution in [-0.4, -0.2) is 53.9 Å². The van der Waals surface area contributed by atoms with E-state index in [-0.39, 0.29) is 0 Å². The zero-order valence-corrected chi connectivity index (χ0v) is 13.2. The normalized spacial score (nSPS) is 27.1. The van der Waals surface area contributed by atoms with Crippen molar-refractivity contribution in [2.45, 2.75) is 44.8 Å². The Balaban J connectivity index is 1.89. The number of nitrogens with zero attached hydrogens (tertiary/aromatic N) is 4. The maximum Gasteiger partial charge on any atom is 0.131 e. The number of likely N-dealkylation sites (N-methyl/N-ethyl adjacent to an activating group) is 1. The van der Waals surface area contributed by atoms with Crippen molar-refractivity contribution >= 4 is 5.82 Å². The van der Waals surface area contributed by atoms with Gasteiger partial charge in [-0.05, 0) is 40.3 Å². The SMILES string of the molecule is CNCc1c(C)nn(C)c1N1CCC2CCC(C1)N2C. The maximum absolute atomic E-state index is 4.64. The number of rotatable bonds is 3. The summed E-state index contributed by atoms with van der Waals surface area (Å²) in [6.45, 7) is 5.31. The zero-order chi connectivity index (χ0) is 14.3. The van der Waals surface area contributed by atoms with E-state index in [0.717, 1.165) is 31.4 Å². The third-order valence-electron chi connectivity index (χ3n) is 5.11. The van der Waals surface area contributed by atoms with Gasteiger partial charge >= 0.3 is 0 Å². The first-order chi connectivity index (χ1) is 9.61. The lowest BCUT2D eigenvalue weighted by molar-refractivity contribution is 0.254. The highest BCUT2D eigenvalue weighted by molar-refractivity contribution is 5.50. The van der Waals surface area contributed by atoms with E-state index in [9.17, 15) is 0 Å². The average Bonchev–Trinajstić information content (AvgIpc) is 2.79. The number of aryl methyl sites for hydroxylation is 2. The molecule has 2 bridgehead atoms. The van der Waals surface area contributed by atoms with Gasteiger partial charge in [-0.25, -0.2) is 0 Å². The van der Waals surface area contributed by atoms with Crippen molar-refractivity contribution in [3.63, 3.8) is 0 Å². The highest BCUT2D eigenvalue weighted by Gasteiger charge is 2.36. The second kappa shape index (κ2) is 5.37. The largest absolute Gasteiger partial charge is 0.355 e. The molecule has 5 nitrogen and oxygen atoms in total. The molecule has 2 saturated heterocycles. The van der Waals surface area contributed by atoms with Gasteiger partial charge in [0.05, 0.1) is 5.69 Å². The summed E-state index contributed by atoms with van der Waals surface area (Å²) in [7, 11) is 6.39. The van der Waals surface area contributed by atoms with Gasteiger partial charge in [-0.2, -0.15) is 5.10 Å². The summed E-state index contributed by atoms with van der Waals surface area (Å²) in [5.74, 6) is 1.32. The van der Waals surface area contributed by atoms with Crippen LogP contribution in [0.15, 0.2) is 0 Å². The molecular formula is C15H27N5. The molecule has 2 fully saturated rings. The van der Waals surface area contributed by atoms with Gasteiger partial charge in [0.15, 0.2) is 0 Å². The van der Waals surface area contributed by atoms with E-state index in [4.69, 9.17) is 0 Å². The van der Waals surface area contributed by atoms with Gasteiger partial charge < -0.3 is 10.2 Å². The molecule has 112 valence electrons. The van der Waals surface area contributed by atoms with Crippen LogP contribution in [-0.2, 0) is 13.6 Å². The highest BCUT2D eigenvalue weighted by atomic mass is 15.4. The number of hydrogen-bond donors (Lipinski definition) is 1. The molecule has 0 aromatic carbocycles. The Morgan fingerprint density at radius 2 is 1.95 bits per heavy atom. The van der Waals surface area contributed by atoms with Gasteiger partial charge in [0.25, 0.3) is 0 Å². The van der Waals surface area contributed by atoms with E-state index in [1.165, 1.54) is 30.6 Å². The fraction of sp³-hybridized carbons (Fsp3) is 0.800. The molecule has 0 amide bonds. The summed E-state index contributed by atoms with van der Waals surface area (Å²) in [4.78, 5) is 5.16. The van der Waals surface area contributed by atoms with Crippen molar-refractivity contribution in [2.75, 3.05) is 32.1 Å². The smallest absolute Gasteiger partial charge is 0.131 e. The van der Waals surface area contributed by atoms with E-state index in [1.54, 1.807) is 0 Å². The van der Waals surface area contributed by atoms with E-state index >= 15 is 0 Å². The lowest BCUT2D eigenvalue weighted by Gasteiger charge is -2.28. The lowest BCUT2D eigenvalue weighted by atomic mass is 10.1. The molecule has 2 aliphatic heterocycles. The Hall–Kier alpha value is -1.07. The zero-order valence-electron chi connectivity index (χ0n) is 13.2. The van der Waals surface area contributed by atoms with Gasteiger partial charge in [-0.3, -0.25) is 9.58 Å². The third-order valence-corrected chi connectivity index (χ3v) is 5.11. The Labute approximate surface area is 121 Å². The third kappa shape index (κ3) is 2.23. The molecule has 2 atom stereocenters. The lowest BCUT2D eigenvalue weighted by Crippen LogP contribution is -2.37. The monoisotopic (exact) mass is 277 g/mol. The molecule has 1 aromatic rings. The minimum atomic E-state index is 0.708. The molecule has 3 rings (SSSR count). The minimum absolute atomic E-state index is 0.708. The van der Waals surface area contributed by atoms with Gasteiger partial charge in [-0.1, -0.05) is 0 Å². The molecule has 1 N–H and O–H groups in total. The van der Waals surface area contributed by atoms with Gasteiger partial charge in [0, 0.05) is 44.3 Å². The minimum Gasteiger partial charge on any atom is -0.355 e. The van der Waals surface area contributed by atoms with Crippen LogP contribution in [0, 0.1) is 6.92 Å². The molecule has 1 aromatic heterocycles. The molecule has 20 heavy (non-hydrogen) atoms. The van der Waals surface area contributed by atoms with E-state index in [0.29, 0.717) is 6.04 Å². The number of hydrogen-bond acceptors (Lipinski definition) is 4. The van der Waals surface area contributed by atoms with Crippen LogP contribution in [0.2, 0.25) is 0 Å². The Bertz CT molecular complexity index is 481. The molecule has 2 aliphatic rings. The number of fused-ring (bicyclic) bond motifs is 2. The summed E-state index contributed by atoms with van der Waals surface area (Å²) < 4.78 is 2.07. The first kappa shape index (κ1) is 13.9. The maximum atomic E-state index is 4.64. The standard InChI is InChI=1S/C15H27N5/c1-11-14(9-16-2)15(19(4)17-11)20-8-7-12-5-6-13(10-20)18(12)3/h12-13,16H,5-10H2,1-4H3. The molecule has 0 saturated carbocycles. The first-order valence-electron chi connectivity index (χ1n) is 7.75. The summed E-state index contributed by atoms with van der Waals surface area (Å²) in [6.07, 6.45) is 3.99. The molecular weight excluding hydrogens is 250 g/mol. The van der Waals surface area contributed by atoms with Crippen LogP contribution in [0.5, 0.6) is 0 Å². The van der Waals surface area contributed by atoms with E-state index in [2.05, 4.69) is 45.9 Å². The Morgan fingerprint density at radius 1 is 1.20 bits per heavy atom. The molecule has 5 heteroatoms. The summed E-state index contributed by atoms with van der Waals surface area (Å²) in [6, 6.07) is 1.49. The summed E-state index contributed by atoms with van der Waals surface area (Å²) in [5.41, 5.74) is 2.51. The molecule has 0 spiro atoms. The molecule has 0 aliphatic carbocycles. The predicted molar refractivity (Wildman–Crippen MR) is 82.1 cm³/mol. The molecule has 0 radical (unpaired) electrons. The van der Waals surface area contributed by atoms with Crippen LogP contribution in [0.3, 0.4) is 0 Å². The quantitative estimate of drug-likeness (QED) is 0.898. The Kier molecular flexibility index (Phi) is 3.73. The van der Waals surface area contributed by atoms with Crippen molar-refractivity contribution < 1.29 is 0 Å². The summed E-state index contributed by atoms with van der Waals surface area (Å²) >= 11 is 0. The predicted octanol–water partition coefficient (Wildman–Crippen LogP) is 1.12. The topological polar surface area (TPSA) is 36.3 Å². The van der Waals surface area contributed by atoms with Crippen LogP contribution >= 0.6 is 0 Å². The number of aromatic nitrogens is 2. The van der Waals surface area contributed by atoms with Crippen molar-refractivity contribution in [1.82, 2.24) is 20.0 Å². The highest BCUT2D eigenvalue weighted by Crippen LogP contribution is 2.32. The Morgan fingerprint density at radius 3 is 2.70 bits per heavy atom. The van der Waals surface area contributed by atoms with Crippen molar-refractivity contribution in [2.24, 2.45) is 7.05 Å². The molecule has 3 heterocycles. The number of nitrogens with one attached hydrogen (secondary N) is 1. The van der Waals surface area contributed by atoms with Gasteiger partial charge in [-0.15, -0.1) is 0 Å². The van der Waals surface area contributed by atoms with Gasteiger partial charge in [0.2, 0.25) is 0 Å². The fourth-order valence-electron chi connectivity index (χ4n) is 3.97. The van der Waals surface area contributed by atoms with Gasteiger partial charge in [0.1, 0.15) is 5.82 Å². The second-order valence-electron chi connectivity index (χ2n) is 6.33. The molecule has 2 unspecified atom stereocenters. The number of anilines is 1.